The van der Waals surface area contributed by atoms with Crippen LogP contribution >= 0.6 is 0 Å². The summed E-state index contributed by atoms with van der Waals surface area (Å²) < 4.78 is 0. The second-order valence-corrected chi connectivity index (χ2v) is 1.93. The average Bonchev–Trinajstić information content (AvgIpc) is 2.33. The van der Waals surface area contributed by atoms with Crippen molar-refractivity contribution < 1.29 is 0 Å². The molecule has 0 amide bonds. The number of aliphatic imine (C=N–C) groups is 1. The largest absolute Gasteiger partial charge is 0.259 e. The highest BCUT2D eigenvalue weighted by Gasteiger charge is 2.14. The van der Waals surface area contributed by atoms with Crippen LogP contribution < -0.4 is 0 Å². The van der Waals surface area contributed by atoms with Crippen molar-refractivity contribution in [3.05, 3.63) is 12.3 Å². The molecule has 9 heavy (non-hydrogen) atoms. The Morgan fingerprint density at radius 3 is 3.22 bits per heavy atom. The lowest BCUT2D eigenvalue weighted by molar-refractivity contribution is 1.17. The lowest BCUT2D eigenvalue weighted by atomic mass is 10.1. The number of rotatable bonds is 0. The van der Waals surface area contributed by atoms with Crippen LogP contribution in [-0.4, -0.2) is 18.1 Å². The zero-order valence-electron chi connectivity index (χ0n) is 4.73. The van der Waals surface area contributed by atoms with Crippen molar-refractivity contribution in [1.82, 2.24) is 0 Å². The minimum absolute atomic E-state index is 0.294. The number of allylic oxidation sites excluding steroid dienone is 1. The summed E-state index contributed by atoms with van der Waals surface area (Å²) in [6, 6.07) is 0. The molecule has 2 aliphatic heterocycles. The van der Waals surface area contributed by atoms with Gasteiger partial charge in [-0.2, -0.15) is 10.2 Å². The maximum atomic E-state index is 4.05. The van der Waals surface area contributed by atoms with Crippen molar-refractivity contribution in [2.75, 3.05) is 0 Å². The Balaban J connectivity index is 2.40. The molecule has 3 nitrogen and oxygen atoms in total. The zero-order valence-corrected chi connectivity index (χ0v) is 4.73. The van der Waals surface area contributed by atoms with Gasteiger partial charge in [-0.15, -0.1) is 0 Å². The van der Waals surface area contributed by atoms with E-state index in [0.717, 1.165) is 5.71 Å². The van der Waals surface area contributed by atoms with Gasteiger partial charge in [0.25, 0.3) is 0 Å². The molecule has 0 radical (unpaired) electrons. The highest BCUT2D eigenvalue weighted by Crippen LogP contribution is 2.08. The molecule has 0 aromatic heterocycles. The molecule has 0 aromatic rings. The summed E-state index contributed by atoms with van der Waals surface area (Å²) in [4.78, 5) is 4.05. The monoisotopic (exact) mass is 119 g/mol. The smallest absolute Gasteiger partial charge is 0.0728 e. The minimum atomic E-state index is 0.294. The van der Waals surface area contributed by atoms with Gasteiger partial charge in [0.1, 0.15) is 0 Å². The molecule has 3 heteroatoms. The SMILES string of the molecule is C1=CC2C=NN=CC2=N1. The van der Waals surface area contributed by atoms with E-state index < -0.39 is 0 Å². The molecule has 0 aromatic carbocycles. The maximum Gasteiger partial charge on any atom is 0.0728 e. The molecule has 0 saturated carbocycles. The standard InChI is InChI=1S/C6H5N3/c1-2-7-6-4-9-8-3-5(1)6/h1-5H. The summed E-state index contributed by atoms with van der Waals surface area (Å²) >= 11 is 0. The first kappa shape index (κ1) is 4.61. The number of hydrogen-bond donors (Lipinski definition) is 0. The first-order valence-corrected chi connectivity index (χ1v) is 2.78. The van der Waals surface area contributed by atoms with Crippen molar-refractivity contribution in [3.8, 4) is 0 Å². The molecule has 0 N–H and O–H groups in total. The Morgan fingerprint density at radius 2 is 2.33 bits per heavy atom. The van der Waals surface area contributed by atoms with Crippen LogP contribution in [0.3, 0.4) is 0 Å². The van der Waals surface area contributed by atoms with Gasteiger partial charge in [0.2, 0.25) is 0 Å². The van der Waals surface area contributed by atoms with E-state index in [4.69, 9.17) is 0 Å². The van der Waals surface area contributed by atoms with E-state index in [0.29, 0.717) is 5.92 Å². The van der Waals surface area contributed by atoms with Gasteiger partial charge in [-0.3, -0.25) is 4.99 Å². The van der Waals surface area contributed by atoms with Crippen molar-refractivity contribution in [2.24, 2.45) is 21.1 Å². The zero-order chi connectivity index (χ0) is 6.10. The third-order valence-corrected chi connectivity index (χ3v) is 1.34. The number of nitrogens with zero attached hydrogens (tertiary/aromatic N) is 3. The normalized spacial score (nSPS) is 28.4. The molecule has 0 saturated heterocycles. The van der Waals surface area contributed by atoms with Crippen molar-refractivity contribution in [2.45, 2.75) is 0 Å². The van der Waals surface area contributed by atoms with E-state index in [-0.39, 0.29) is 0 Å². The summed E-state index contributed by atoms with van der Waals surface area (Å²) in [5, 5.41) is 7.43. The van der Waals surface area contributed by atoms with E-state index in [1.165, 1.54) is 0 Å². The number of hydrogen-bond acceptors (Lipinski definition) is 3. The first-order chi connectivity index (χ1) is 4.47. The Hall–Kier alpha value is -1.25. The van der Waals surface area contributed by atoms with Crippen LogP contribution in [-0.2, 0) is 0 Å². The van der Waals surface area contributed by atoms with Crippen LogP contribution in [0, 0.1) is 5.92 Å². The Bertz CT molecular complexity index is 235. The van der Waals surface area contributed by atoms with Gasteiger partial charge < -0.3 is 0 Å². The van der Waals surface area contributed by atoms with Gasteiger partial charge in [0.05, 0.1) is 17.8 Å². The van der Waals surface area contributed by atoms with Gasteiger partial charge in [0, 0.05) is 12.4 Å². The molecule has 1 atom stereocenters. The highest BCUT2D eigenvalue weighted by atomic mass is 15.2. The van der Waals surface area contributed by atoms with Crippen LogP contribution in [0.15, 0.2) is 27.5 Å². The van der Waals surface area contributed by atoms with Crippen molar-refractivity contribution >= 4 is 18.1 Å². The van der Waals surface area contributed by atoms with Gasteiger partial charge in [-0.05, 0) is 0 Å². The molecule has 0 spiro atoms. The summed E-state index contributed by atoms with van der Waals surface area (Å²) in [5.74, 6) is 0.294. The molecule has 2 aliphatic rings. The van der Waals surface area contributed by atoms with Crippen molar-refractivity contribution in [1.29, 1.82) is 0 Å². The summed E-state index contributed by atoms with van der Waals surface area (Å²) in [6.45, 7) is 0. The molecule has 0 bridgehead atoms. The summed E-state index contributed by atoms with van der Waals surface area (Å²) in [5.41, 5.74) is 0.991. The molecule has 2 heterocycles. The molecular formula is C6H5N3. The highest BCUT2D eigenvalue weighted by molar-refractivity contribution is 6.37. The second-order valence-electron chi connectivity index (χ2n) is 1.93. The fourth-order valence-electron chi connectivity index (χ4n) is 0.855. The van der Waals surface area contributed by atoms with Crippen molar-refractivity contribution in [3.63, 3.8) is 0 Å². The fraction of sp³-hybridized carbons (Fsp3) is 0.167. The molecule has 0 fully saturated rings. The number of fused-ring (bicyclic) bond motifs is 1. The molecule has 44 valence electrons. The van der Waals surface area contributed by atoms with Gasteiger partial charge >= 0.3 is 0 Å². The van der Waals surface area contributed by atoms with Gasteiger partial charge in [0.15, 0.2) is 0 Å². The van der Waals surface area contributed by atoms with E-state index in [1.54, 1.807) is 18.6 Å². The van der Waals surface area contributed by atoms with E-state index in [2.05, 4.69) is 15.2 Å². The molecule has 1 unspecified atom stereocenters. The quantitative estimate of drug-likeness (QED) is 0.448. The lowest BCUT2D eigenvalue weighted by Crippen LogP contribution is -2.14. The topological polar surface area (TPSA) is 37.1 Å². The summed E-state index contributed by atoms with van der Waals surface area (Å²) in [6.07, 6.45) is 7.24. The Morgan fingerprint density at radius 1 is 1.33 bits per heavy atom. The Labute approximate surface area is 52.5 Å². The average molecular weight is 119 g/mol. The molecule has 2 rings (SSSR count). The second kappa shape index (κ2) is 1.62. The van der Waals surface area contributed by atoms with E-state index in [1.807, 2.05) is 6.08 Å². The Kier molecular flexibility index (Phi) is 0.828. The third-order valence-electron chi connectivity index (χ3n) is 1.34. The van der Waals surface area contributed by atoms with E-state index in [9.17, 15) is 0 Å². The van der Waals surface area contributed by atoms with Crippen LogP contribution in [0.4, 0.5) is 0 Å². The van der Waals surface area contributed by atoms with Crippen LogP contribution in [0.5, 0.6) is 0 Å². The predicted octanol–water partition coefficient (Wildman–Crippen LogP) is 0.641. The molecule has 0 aliphatic carbocycles. The van der Waals surface area contributed by atoms with Crippen LogP contribution in [0.25, 0.3) is 0 Å². The summed E-state index contributed by atoms with van der Waals surface area (Å²) in [7, 11) is 0. The van der Waals surface area contributed by atoms with Gasteiger partial charge in [-0.1, -0.05) is 6.08 Å². The lowest BCUT2D eigenvalue weighted by Gasteiger charge is -2.01. The predicted molar refractivity (Wildman–Crippen MR) is 37.0 cm³/mol. The first-order valence-electron chi connectivity index (χ1n) is 2.78. The fourth-order valence-corrected chi connectivity index (χ4v) is 0.855. The maximum absolute atomic E-state index is 4.05. The van der Waals surface area contributed by atoms with Crippen LogP contribution in [0.1, 0.15) is 0 Å². The van der Waals surface area contributed by atoms with Gasteiger partial charge in [-0.25, -0.2) is 0 Å². The van der Waals surface area contributed by atoms with E-state index >= 15 is 0 Å². The molecular weight excluding hydrogens is 114 g/mol. The third kappa shape index (κ3) is 0.614. The van der Waals surface area contributed by atoms with Crippen LogP contribution in [0.2, 0.25) is 0 Å². The minimum Gasteiger partial charge on any atom is -0.259 e.